The Kier molecular flexibility index (Phi) is 3.59. The summed E-state index contributed by atoms with van der Waals surface area (Å²) in [5.41, 5.74) is 1.77. The van der Waals surface area contributed by atoms with Crippen LogP contribution in [0.1, 0.15) is 12.1 Å². The summed E-state index contributed by atoms with van der Waals surface area (Å²) in [6, 6.07) is 9.56. The second kappa shape index (κ2) is 5.15. The number of pyridine rings is 1. The predicted octanol–water partition coefficient (Wildman–Crippen LogP) is 2.57. The van der Waals surface area contributed by atoms with Crippen LogP contribution in [0, 0.1) is 0 Å². The van der Waals surface area contributed by atoms with Gasteiger partial charge in [-0.15, -0.1) is 0 Å². The third-order valence-electron chi connectivity index (χ3n) is 2.60. The van der Waals surface area contributed by atoms with E-state index >= 15 is 0 Å². The minimum absolute atomic E-state index is 0.0259. The van der Waals surface area contributed by atoms with Crippen molar-refractivity contribution in [1.29, 1.82) is 0 Å². The van der Waals surface area contributed by atoms with E-state index in [1.165, 1.54) is 0 Å². The topological polar surface area (TPSA) is 42.0 Å². The average molecular weight is 249 g/mol. The summed E-state index contributed by atoms with van der Waals surface area (Å²) in [4.78, 5) is 15.6. The van der Waals surface area contributed by atoms with Gasteiger partial charge in [0.05, 0.1) is 5.52 Å². The van der Waals surface area contributed by atoms with Gasteiger partial charge < -0.3 is 5.32 Å². The first-order valence-corrected chi connectivity index (χ1v) is 5.82. The van der Waals surface area contributed by atoms with E-state index < -0.39 is 0 Å². The van der Waals surface area contributed by atoms with Gasteiger partial charge in [0.15, 0.2) is 0 Å². The molecule has 1 N–H and O–H groups in total. The molecule has 0 bridgehead atoms. The Balaban J connectivity index is 2.22. The van der Waals surface area contributed by atoms with Crippen molar-refractivity contribution in [2.75, 3.05) is 7.05 Å². The fourth-order valence-corrected chi connectivity index (χ4v) is 1.80. The zero-order valence-corrected chi connectivity index (χ0v) is 10.3. The quantitative estimate of drug-likeness (QED) is 0.907. The predicted molar refractivity (Wildman–Crippen MR) is 69.1 cm³/mol. The van der Waals surface area contributed by atoms with E-state index in [0.29, 0.717) is 17.9 Å². The molecule has 0 saturated heterocycles. The number of carbonyl (C=O) groups excluding carboxylic acids is 1. The number of benzene rings is 1. The molecule has 1 aromatic carbocycles. The number of hydrogen-bond acceptors (Lipinski definition) is 2. The highest BCUT2D eigenvalue weighted by molar-refractivity contribution is 6.31. The van der Waals surface area contributed by atoms with Gasteiger partial charge in [-0.1, -0.05) is 23.7 Å². The molecule has 0 unspecified atom stereocenters. The van der Waals surface area contributed by atoms with Crippen LogP contribution in [-0.4, -0.2) is 17.9 Å². The van der Waals surface area contributed by atoms with Gasteiger partial charge in [-0.25, -0.2) is 0 Å². The SMILES string of the molecule is CNC(=O)CCc1ccc2ccc(Cl)cc2n1. The highest BCUT2D eigenvalue weighted by atomic mass is 35.5. The van der Waals surface area contributed by atoms with Gasteiger partial charge >= 0.3 is 0 Å². The van der Waals surface area contributed by atoms with Crippen molar-refractivity contribution in [3.63, 3.8) is 0 Å². The highest BCUT2D eigenvalue weighted by Crippen LogP contribution is 2.18. The molecule has 2 rings (SSSR count). The molecule has 1 aromatic heterocycles. The van der Waals surface area contributed by atoms with Crippen LogP contribution in [0.25, 0.3) is 10.9 Å². The van der Waals surface area contributed by atoms with Gasteiger partial charge in [0.1, 0.15) is 0 Å². The van der Waals surface area contributed by atoms with Crippen LogP contribution < -0.4 is 5.32 Å². The number of amides is 1. The number of rotatable bonds is 3. The lowest BCUT2D eigenvalue weighted by molar-refractivity contribution is -0.120. The first kappa shape index (κ1) is 11.9. The van der Waals surface area contributed by atoms with E-state index in [2.05, 4.69) is 10.3 Å². The van der Waals surface area contributed by atoms with Gasteiger partial charge in [-0.3, -0.25) is 9.78 Å². The van der Waals surface area contributed by atoms with Gasteiger partial charge in [0, 0.05) is 29.6 Å². The van der Waals surface area contributed by atoms with E-state index in [4.69, 9.17) is 11.6 Å². The maximum Gasteiger partial charge on any atom is 0.220 e. The lowest BCUT2D eigenvalue weighted by Crippen LogP contribution is -2.18. The molecular formula is C13H13ClN2O. The van der Waals surface area contributed by atoms with Crippen molar-refractivity contribution < 1.29 is 4.79 Å². The lowest BCUT2D eigenvalue weighted by atomic mass is 10.1. The molecule has 0 saturated carbocycles. The van der Waals surface area contributed by atoms with Crippen LogP contribution in [0.3, 0.4) is 0 Å². The number of aromatic nitrogens is 1. The summed E-state index contributed by atoms with van der Waals surface area (Å²) in [6.45, 7) is 0. The number of fused-ring (bicyclic) bond motifs is 1. The average Bonchev–Trinajstić information content (AvgIpc) is 2.35. The van der Waals surface area contributed by atoms with Crippen molar-refractivity contribution in [3.8, 4) is 0 Å². The summed E-state index contributed by atoms with van der Waals surface area (Å²) in [6.07, 6.45) is 1.09. The number of carbonyl (C=O) groups is 1. The number of nitrogens with zero attached hydrogens (tertiary/aromatic N) is 1. The van der Waals surface area contributed by atoms with Crippen molar-refractivity contribution in [3.05, 3.63) is 41.0 Å². The first-order chi connectivity index (χ1) is 8.19. The Morgan fingerprint density at radius 1 is 1.35 bits per heavy atom. The maximum absolute atomic E-state index is 11.1. The molecule has 2 aromatic rings. The van der Waals surface area contributed by atoms with E-state index in [0.717, 1.165) is 16.6 Å². The van der Waals surface area contributed by atoms with Crippen molar-refractivity contribution in [2.45, 2.75) is 12.8 Å². The lowest BCUT2D eigenvalue weighted by Gasteiger charge is -2.03. The summed E-state index contributed by atoms with van der Waals surface area (Å²) in [7, 11) is 1.63. The van der Waals surface area contributed by atoms with Crippen molar-refractivity contribution >= 4 is 28.4 Å². The third kappa shape index (κ3) is 2.94. The summed E-state index contributed by atoms with van der Waals surface area (Å²) in [5.74, 6) is 0.0259. The Labute approximate surface area is 105 Å². The number of halogens is 1. The second-order valence-electron chi connectivity index (χ2n) is 3.81. The molecule has 88 valence electrons. The monoisotopic (exact) mass is 248 g/mol. The molecule has 1 amide bonds. The number of nitrogens with one attached hydrogen (secondary N) is 1. The minimum Gasteiger partial charge on any atom is -0.359 e. The minimum atomic E-state index is 0.0259. The Hall–Kier alpha value is -1.61. The van der Waals surface area contributed by atoms with Crippen LogP contribution in [0.15, 0.2) is 30.3 Å². The summed E-state index contributed by atoms with van der Waals surface area (Å²) < 4.78 is 0. The Bertz CT molecular complexity index is 554. The molecule has 0 fully saturated rings. The molecule has 0 spiro atoms. The molecule has 0 atom stereocenters. The largest absolute Gasteiger partial charge is 0.359 e. The van der Waals surface area contributed by atoms with Gasteiger partial charge in [0.25, 0.3) is 0 Å². The molecule has 4 heteroatoms. The normalized spacial score (nSPS) is 10.5. The molecule has 1 heterocycles. The van der Waals surface area contributed by atoms with E-state index in [1.807, 2.05) is 30.3 Å². The fraction of sp³-hybridized carbons (Fsp3) is 0.231. The zero-order valence-electron chi connectivity index (χ0n) is 9.53. The van der Waals surface area contributed by atoms with Crippen molar-refractivity contribution in [2.24, 2.45) is 0 Å². The van der Waals surface area contributed by atoms with Crippen LogP contribution in [0.2, 0.25) is 5.02 Å². The maximum atomic E-state index is 11.1. The van der Waals surface area contributed by atoms with E-state index in [9.17, 15) is 4.79 Å². The van der Waals surface area contributed by atoms with E-state index in [-0.39, 0.29) is 5.91 Å². The Morgan fingerprint density at radius 3 is 2.88 bits per heavy atom. The first-order valence-electron chi connectivity index (χ1n) is 5.45. The summed E-state index contributed by atoms with van der Waals surface area (Å²) in [5, 5.41) is 4.32. The van der Waals surface area contributed by atoms with Crippen LogP contribution >= 0.6 is 11.6 Å². The molecule has 0 aliphatic rings. The molecule has 0 aliphatic carbocycles. The fourth-order valence-electron chi connectivity index (χ4n) is 1.64. The Morgan fingerprint density at radius 2 is 2.12 bits per heavy atom. The molecule has 0 radical (unpaired) electrons. The number of hydrogen-bond donors (Lipinski definition) is 1. The highest BCUT2D eigenvalue weighted by Gasteiger charge is 2.02. The summed E-state index contributed by atoms with van der Waals surface area (Å²) >= 11 is 5.92. The molecule has 17 heavy (non-hydrogen) atoms. The van der Waals surface area contributed by atoms with Crippen LogP contribution in [0.5, 0.6) is 0 Å². The van der Waals surface area contributed by atoms with Gasteiger partial charge in [-0.05, 0) is 24.6 Å². The van der Waals surface area contributed by atoms with Crippen LogP contribution in [0.4, 0.5) is 0 Å². The standard InChI is InChI=1S/C13H13ClN2O/c1-15-13(17)7-6-11-5-3-9-2-4-10(14)8-12(9)16-11/h2-5,8H,6-7H2,1H3,(H,15,17). The third-order valence-corrected chi connectivity index (χ3v) is 2.83. The van der Waals surface area contributed by atoms with Gasteiger partial charge in [-0.2, -0.15) is 0 Å². The number of aryl methyl sites for hydroxylation is 1. The van der Waals surface area contributed by atoms with E-state index in [1.54, 1.807) is 7.05 Å². The molecule has 3 nitrogen and oxygen atoms in total. The second-order valence-corrected chi connectivity index (χ2v) is 4.25. The zero-order chi connectivity index (χ0) is 12.3. The van der Waals surface area contributed by atoms with Crippen molar-refractivity contribution in [1.82, 2.24) is 10.3 Å². The smallest absolute Gasteiger partial charge is 0.220 e. The van der Waals surface area contributed by atoms with Gasteiger partial charge in [0.2, 0.25) is 5.91 Å². The van der Waals surface area contributed by atoms with Crippen LogP contribution in [-0.2, 0) is 11.2 Å². The molecular weight excluding hydrogens is 236 g/mol. The molecule has 0 aliphatic heterocycles.